The molecule has 1 aromatic heterocycles. The summed E-state index contributed by atoms with van der Waals surface area (Å²) in [4.78, 5) is 11.9. The van der Waals surface area contributed by atoms with Gasteiger partial charge in [-0.25, -0.2) is 9.36 Å². The third-order valence-corrected chi connectivity index (χ3v) is 4.02. The zero-order valence-electron chi connectivity index (χ0n) is 10.1. The summed E-state index contributed by atoms with van der Waals surface area (Å²) >= 11 is 6.83. The molecule has 6 heteroatoms. The quantitative estimate of drug-likeness (QED) is 0.736. The molecule has 0 aliphatic carbocycles. The minimum Gasteiger partial charge on any atom is -0.452 e. The second-order valence-electron chi connectivity index (χ2n) is 3.84. The first-order chi connectivity index (χ1) is 9.17. The van der Waals surface area contributed by atoms with Gasteiger partial charge in [0.25, 0.3) is 0 Å². The standard InChI is InChI=1S/C13H10Br2N2O2/c1-19-13(18)17-11-3-2-8(7-16)4-9(11)10(5-14)12(17)6-15/h2-4H,5-6H2,1H3. The van der Waals surface area contributed by atoms with Gasteiger partial charge in [0.2, 0.25) is 0 Å². The van der Waals surface area contributed by atoms with Gasteiger partial charge in [-0.15, -0.1) is 0 Å². The van der Waals surface area contributed by atoms with E-state index in [1.807, 2.05) is 0 Å². The molecule has 0 aliphatic heterocycles. The Balaban J connectivity index is 2.87. The predicted molar refractivity (Wildman–Crippen MR) is 79.7 cm³/mol. The van der Waals surface area contributed by atoms with Crippen LogP contribution in [0.2, 0.25) is 0 Å². The minimum atomic E-state index is -0.434. The number of fused-ring (bicyclic) bond motifs is 1. The number of hydrogen-bond donors (Lipinski definition) is 0. The number of benzene rings is 1. The Kier molecular flexibility index (Phi) is 4.27. The first kappa shape index (κ1) is 14.1. The van der Waals surface area contributed by atoms with Gasteiger partial charge >= 0.3 is 6.09 Å². The van der Waals surface area contributed by atoms with Crippen LogP contribution in [-0.4, -0.2) is 17.8 Å². The lowest BCUT2D eigenvalue weighted by molar-refractivity contribution is 0.173. The van der Waals surface area contributed by atoms with E-state index >= 15 is 0 Å². The summed E-state index contributed by atoms with van der Waals surface area (Å²) in [5, 5.41) is 11.0. The van der Waals surface area contributed by atoms with Crippen LogP contribution in [0.15, 0.2) is 18.2 Å². The lowest BCUT2D eigenvalue weighted by Crippen LogP contribution is -2.14. The van der Waals surface area contributed by atoms with Crippen LogP contribution in [0.4, 0.5) is 4.79 Å². The molecule has 98 valence electrons. The summed E-state index contributed by atoms with van der Waals surface area (Å²) in [6, 6.07) is 7.36. The summed E-state index contributed by atoms with van der Waals surface area (Å²) in [6.07, 6.45) is -0.434. The van der Waals surface area contributed by atoms with E-state index in [2.05, 4.69) is 37.9 Å². The van der Waals surface area contributed by atoms with Gasteiger partial charge in [-0.1, -0.05) is 31.9 Å². The molecule has 0 spiro atoms. The number of nitrogens with zero attached hydrogens (tertiary/aromatic N) is 2. The molecule has 19 heavy (non-hydrogen) atoms. The average Bonchev–Trinajstić information content (AvgIpc) is 2.78. The number of rotatable bonds is 2. The number of hydrogen-bond acceptors (Lipinski definition) is 3. The molecule has 0 amide bonds. The van der Waals surface area contributed by atoms with Crippen molar-refractivity contribution in [1.82, 2.24) is 4.57 Å². The topological polar surface area (TPSA) is 55.0 Å². The Morgan fingerprint density at radius 3 is 2.68 bits per heavy atom. The molecule has 0 atom stereocenters. The average molecular weight is 386 g/mol. The Bertz CT molecular complexity index is 686. The maximum atomic E-state index is 11.9. The Morgan fingerprint density at radius 2 is 2.16 bits per heavy atom. The van der Waals surface area contributed by atoms with Crippen molar-refractivity contribution in [2.75, 3.05) is 7.11 Å². The van der Waals surface area contributed by atoms with Gasteiger partial charge < -0.3 is 4.74 Å². The second kappa shape index (κ2) is 5.76. The van der Waals surface area contributed by atoms with Crippen LogP contribution in [0.25, 0.3) is 10.9 Å². The van der Waals surface area contributed by atoms with Crippen LogP contribution in [0.1, 0.15) is 16.8 Å². The summed E-state index contributed by atoms with van der Waals surface area (Å²) in [5.74, 6) is 0. The van der Waals surface area contributed by atoms with Crippen molar-refractivity contribution >= 4 is 48.9 Å². The normalized spacial score (nSPS) is 10.4. The van der Waals surface area contributed by atoms with E-state index in [4.69, 9.17) is 10.00 Å². The molecular weight excluding hydrogens is 376 g/mol. The number of alkyl halides is 2. The van der Waals surface area contributed by atoms with Crippen LogP contribution in [-0.2, 0) is 15.4 Å². The van der Waals surface area contributed by atoms with Crippen LogP contribution in [0.5, 0.6) is 0 Å². The lowest BCUT2D eigenvalue weighted by atomic mass is 10.1. The fourth-order valence-corrected chi connectivity index (χ4v) is 3.28. The smallest absolute Gasteiger partial charge is 0.418 e. The molecule has 0 bridgehead atoms. The first-order valence-corrected chi connectivity index (χ1v) is 7.68. The van der Waals surface area contributed by atoms with E-state index in [1.54, 1.807) is 18.2 Å². The zero-order chi connectivity index (χ0) is 14.0. The highest BCUT2D eigenvalue weighted by Crippen LogP contribution is 2.30. The van der Waals surface area contributed by atoms with E-state index in [0.717, 1.165) is 22.2 Å². The third-order valence-electron chi connectivity index (χ3n) is 2.93. The van der Waals surface area contributed by atoms with Gasteiger partial charge in [0.1, 0.15) is 0 Å². The monoisotopic (exact) mass is 384 g/mol. The molecule has 2 aromatic rings. The van der Waals surface area contributed by atoms with Crippen LogP contribution >= 0.6 is 31.9 Å². The third kappa shape index (κ3) is 2.28. The van der Waals surface area contributed by atoms with E-state index in [1.165, 1.54) is 11.7 Å². The highest BCUT2D eigenvalue weighted by Gasteiger charge is 2.20. The maximum absolute atomic E-state index is 11.9. The van der Waals surface area contributed by atoms with Crippen molar-refractivity contribution in [3.05, 3.63) is 35.0 Å². The molecule has 1 aromatic carbocycles. The molecule has 4 nitrogen and oxygen atoms in total. The molecule has 0 radical (unpaired) electrons. The van der Waals surface area contributed by atoms with Gasteiger partial charge in [0.15, 0.2) is 0 Å². The summed E-state index contributed by atoms with van der Waals surface area (Å²) < 4.78 is 6.35. The van der Waals surface area contributed by atoms with E-state index < -0.39 is 6.09 Å². The Hall–Kier alpha value is -1.32. The second-order valence-corrected chi connectivity index (χ2v) is 4.96. The van der Waals surface area contributed by atoms with E-state index in [0.29, 0.717) is 16.2 Å². The van der Waals surface area contributed by atoms with Gasteiger partial charge in [0, 0.05) is 21.7 Å². The molecule has 2 rings (SSSR count). The van der Waals surface area contributed by atoms with Gasteiger partial charge in [-0.3, -0.25) is 0 Å². The fourth-order valence-electron chi connectivity index (χ4n) is 2.07. The largest absolute Gasteiger partial charge is 0.452 e. The van der Waals surface area contributed by atoms with Crippen LogP contribution < -0.4 is 0 Å². The highest BCUT2D eigenvalue weighted by atomic mass is 79.9. The maximum Gasteiger partial charge on any atom is 0.418 e. The minimum absolute atomic E-state index is 0.434. The number of aromatic nitrogens is 1. The summed E-state index contributed by atoms with van der Waals surface area (Å²) in [5.41, 5.74) is 3.12. The van der Waals surface area contributed by atoms with Crippen LogP contribution in [0.3, 0.4) is 0 Å². The molecule has 0 fully saturated rings. The number of methoxy groups -OCH3 is 1. The number of carbonyl (C=O) groups excluding carboxylic acids is 1. The number of halogens is 2. The SMILES string of the molecule is COC(=O)n1c(CBr)c(CBr)c2cc(C#N)ccc21. The fraction of sp³-hybridized carbons (Fsp3) is 0.231. The van der Waals surface area contributed by atoms with Crippen molar-refractivity contribution in [3.63, 3.8) is 0 Å². The zero-order valence-corrected chi connectivity index (χ0v) is 13.3. The van der Waals surface area contributed by atoms with Crippen molar-refractivity contribution < 1.29 is 9.53 Å². The van der Waals surface area contributed by atoms with Crippen molar-refractivity contribution in [1.29, 1.82) is 5.26 Å². The number of nitriles is 1. The molecular formula is C13H10Br2N2O2. The van der Waals surface area contributed by atoms with Crippen LogP contribution in [0, 0.1) is 11.3 Å². The number of ether oxygens (including phenoxy) is 1. The summed E-state index contributed by atoms with van der Waals surface area (Å²) in [7, 11) is 1.35. The van der Waals surface area contributed by atoms with E-state index in [9.17, 15) is 4.79 Å². The predicted octanol–water partition coefficient (Wildman–Crippen LogP) is 3.92. The van der Waals surface area contributed by atoms with Crippen molar-refractivity contribution in [3.8, 4) is 6.07 Å². The highest BCUT2D eigenvalue weighted by molar-refractivity contribution is 9.09. The van der Waals surface area contributed by atoms with Crippen molar-refractivity contribution in [2.45, 2.75) is 10.7 Å². The van der Waals surface area contributed by atoms with Gasteiger partial charge in [0.05, 0.1) is 24.3 Å². The Labute approximate surface area is 127 Å². The molecule has 0 saturated heterocycles. The van der Waals surface area contributed by atoms with Gasteiger partial charge in [-0.05, 0) is 23.8 Å². The molecule has 0 N–H and O–H groups in total. The molecule has 0 saturated carbocycles. The molecule has 0 aliphatic rings. The van der Waals surface area contributed by atoms with E-state index in [-0.39, 0.29) is 0 Å². The Morgan fingerprint density at radius 1 is 1.42 bits per heavy atom. The lowest BCUT2D eigenvalue weighted by Gasteiger charge is -2.06. The van der Waals surface area contributed by atoms with Gasteiger partial charge in [-0.2, -0.15) is 5.26 Å². The number of carbonyl (C=O) groups is 1. The van der Waals surface area contributed by atoms with Crippen molar-refractivity contribution in [2.24, 2.45) is 0 Å². The summed E-state index contributed by atoms with van der Waals surface area (Å²) in [6.45, 7) is 0. The first-order valence-electron chi connectivity index (χ1n) is 5.44. The molecule has 0 unspecified atom stereocenters. The molecule has 1 heterocycles.